The number of aromatic nitrogens is 1. The van der Waals surface area contributed by atoms with E-state index in [1.807, 2.05) is 6.07 Å². The summed E-state index contributed by atoms with van der Waals surface area (Å²) in [5.41, 5.74) is 5.92. The molecular formula is C27H35NO. The van der Waals surface area contributed by atoms with Crippen LogP contribution < -0.4 is 0 Å². The largest absolute Gasteiger partial charge is 0.356 e. The van der Waals surface area contributed by atoms with Gasteiger partial charge < -0.3 is 4.52 Å². The Morgan fingerprint density at radius 2 is 1.14 bits per heavy atom. The molecule has 0 atom stereocenters. The third kappa shape index (κ3) is 6.59. The second-order valence-electron chi connectivity index (χ2n) is 8.09. The summed E-state index contributed by atoms with van der Waals surface area (Å²) >= 11 is 0. The van der Waals surface area contributed by atoms with E-state index in [4.69, 9.17) is 4.52 Å². The summed E-state index contributed by atoms with van der Waals surface area (Å²) in [5.74, 6) is 0.833. The van der Waals surface area contributed by atoms with E-state index in [9.17, 15) is 0 Å². The van der Waals surface area contributed by atoms with Crippen molar-refractivity contribution in [3.8, 4) is 22.6 Å². The van der Waals surface area contributed by atoms with Crippen LogP contribution in [0.2, 0.25) is 0 Å². The average Bonchev–Trinajstić information content (AvgIpc) is 3.25. The van der Waals surface area contributed by atoms with Gasteiger partial charge in [0.2, 0.25) is 0 Å². The molecule has 1 heterocycles. The molecule has 1 aromatic heterocycles. The van der Waals surface area contributed by atoms with Crippen LogP contribution in [0.15, 0.2) is 59.1 Å². The van der Waals surface area contributed by atoms with Gasteiger partial charge in [-0.3, -0.25) is 0 Å². The Kier molecular flexibility index (Phi) is 8.55. The number of hydrogen-bond acceptors (Lipinski definition) is 2. The Balaban J connectivity index is 1.56. The van der Waals surface area contributed by atoms with E-state index < -0.39 is 0 Å². The minimum atomic E-state index is 0.833. The van der Waals surface area contributed by atoms with Crippen molar-refractivity contribution in [1.82, 2.24) is 5.16 Å². The Labute approximate surface area is 176 Å². The predicted molar refractivity (Wildman–Crippen MR) is 123 cm³/mol. The summed E-state index contributed by atoms with van der Waals surface area (Å²) in [7, 11) is 0. The highest BCUT2D eigenvalue weighted by Crippen LogP contribution is 2.27. The third-order valence-electron chi connectivity index (χ3n) is 5.64. The topological polar surface area (TPSA) is 26.0 Å². The van der Waals surface area contributed by atoms with Gasteiger partial charge in [-0.15, -0.1) is 0 Å². The molecular weight excluding hydrogens is 354 g/mol. The van der Waals surface area contributed by atoms with Gasteiger partial charge >= 0.3 is 0 Å². The van der Waals surface area contributed by atoms with Crippen molar-refractivity contribution in [3.63, 3.8) is 0 Å². The molecule has 154 valence electrons. The van der Waals surface area contributed by atoms with Crippen molar-refractivity contribution in [2.75, 3.05) is 0 Å². The van der Waals surface area contributed by atoms with Crippen LogP contribution >= 0.6 is 0 Å². The summed E-state index contributed by atoms with van der Waals surface area (Å²) in [6, 6.07) is 19.6. The fourth-order valence-electron chi connectivity index (χ4n) is 3.74. The molecule has 29 heavy (non-hydrogen) atoms. The molecule has 0 saturated heterocycles. The molecule has 0 radical (unpaired) electrons. The Morgan fingerprint density at radius 1 is 0.621 bits per heavy atom. The first-order valence-electron chi connectivity index (χ1n) is 11.5. The van der Waals surface area contributed by atoms with Crippen LogP contribution in [0.1, 0.15) is 76.3 Å². The molecule has 0 unspecified atom stereocenters. The van der Waals surface area contributed by atoms with Crippen LogP contribution in [0.25, 0.3) is 22.6 Å². The quantitative estimate of drug-likeness (QED) is 0.291. The molecule has 0 saturated carbocycles. The van der Waals surface area contributed by atoms with Gasteiger partial charge in [-0.05, 0) is 36.8 Å². The summed E-state index contributed by atoms with van der Waals surface area (Å²) in [5, 5.41) is 4.30. The number of aryl methyl sites for hydroxylation is 2. The van der Waals surface area contributed by atoms with Crippen LogP contribution in [0, 0.1) is 0 Å². The number of benzene rings is 2. The van der Waals surface area contributed by atoms with Crippen LogP contribution in [0.5, 0.6) is 0 Å². The van der Waals surface area contributed by atoms with Crippen molar-refractivity contribution in [2.24, 2.45) is 0 Å². The lowest BCUT2D eigenvalue weighted by molar-refractivity contribution is 0.435. The van der Waals surface area contributed by atoms with Gasteiger partial charge in [-0.2, -0.15) is 0 Å². The Morgan fingerprint density at radius 3 is 1.76 bits per heavy atom. The monoisotopic (exact) mass is 389 g/mol. The van der Waals surface area contributed by atoms with Crippen molar-refractivity contribution in [1.29, 1.82) is 0 Å². The number of hydrogen-bond donors (Lipinski definition) is 0. The summed E-state index contributed by atoms with van der Waals surface area (Å²) in [4.78, 5) is 0. The highest BCUT2D eigenvalue weighted by molar-refractivity contribution is 5.67. The Hall–Kier alpha value is -2.35. The van der Waals surface area contributed by atoms with Gasteiger partial charge in [0.1, 0.15) is 5.69 Å². The average molecular weight is 390 g/mol. The van der Waals surface area contributed by atoms with Gasteiger partial charge in [-0.25, -0.2) is 0 Å². The van der Waals surface area contributed by atoms with Gasteiger partial charge in [0.15, 0.2) is 5.76 Å². The third-order valence-corrected chi connectivity index (χ3v) is 5.64. The van der Waals surface area contributed by atoms with Crippen LogP contribution in [0.3, 0.4) is 0 Å². The molecule has 0 aliphatic carbocycles. The van der Waals surface area contributed by atoms with Gasteiger partial charge in [0, 0.05) is 17.2 Å². The van der Waals surface area contributed by atoms with E-state index in [2.05, 4.69) is 67.5 Å². The highest BCUT2D eigenvalue weighted by Gasteiger charge is 2.09. The molecule has 0 aliphatic heterocycles. The number of unbranched alkanes of at least 4 members (excludes halogenated alkanes) is 6. The highest BCUT2D eigenvalue weighted by atomic mass is 16.5. The molecule has 0 amide bonds. The summed E-state index contributed by atoms with van der Waals surface area (Å²) in [6.07, 6.45) is 12.8. The first kappa shape index (κ1) is 21.4. The maximum absolute atomic E-state index is 5.63. The minimum absolute atomic E-state index is 0.833. The van der Waals surface area contributed by atoms with E-state index in [0.717, 1.165) is 29.0 Å². The first-order chi connectivity index (χ1) is 14.3. The Bertz CT molecular complexity index is 830. The van der Waals surface area contributed by atoms with E-state index in [-0.39, 0.29) is 0 Å². The lowest BCUT2D eigenvalue weighted by Gasteiger charge is -2.03. The summed E-state index contributed by atoms with van der Waals surface area (Å²) < 4.78 is 5.63. The van der Waals surface area contributed by atoms with Crippen molar-refractivity contribution in [3.05, 3.63) is 65.7 Å². The molecule has 0 aliphatic rings. The molecule has 2 nitrogen and oxygen atoms in total. The zero-order valence-corrected chi connectivity index (χ0v) is 18.1. The fraction of sp³-hybridized carbons (Fsp3) is 0.444. The molecule has 3 rings (SSSR count). The predicted octanol–water partition coefficient (Wildman–Crippen LogP) is 8.25. The molecule has 0 N–H and O–H groups in total. The normalized spacial score (nSPS) is 11.1. The molecule has 2 aromatic carbocycles. The molecule has 2 heteroatoms. The molecule has 3 aromatic rings. The SMILES string of the molecule is CCCCCCCc1ccc(-c2cc(-c3ccc(CCCCC)cc3)on2)cc1. The second kappa shape index (κ2) is 11.6. The van der Waals surface area contributed by atoms with Crippen LogP contribution in [0.4, 0.5) is 0 Å². The molecule has 0 spiro atoms. The molecule has 0 fully saturated rings. The van der Waals surface area contributed by atoms with E-state index >= 15 is 0 Å². The first-order valence-corrected chi connectivity index (χ1v) is 11.5. The summed E-state index contributed by atoms with van der Waals surface area (Å²) in [6.45, 7) is 4.50. The molecule has 0 bridgehead atoms. The van der Waals surface area contributed by atoms with Crippen molar-refractivity contribution in [2.45, 2.75) is 78.1 Å². The van der Waals surface area contributed by atoms with Gasteiger partial charge in [0.05, 0.1) is 0 Å². The lowest BCUT2D eigenvalue weighted by Crippen LogP contribution is -1.86. The fourth-order valence-corrected chi connectivity index (χ4v) is 3.74. The number of nitrogens with zero attached hydrogens (tertiary/aromatic N) is 1. The lowest BCUT2D eigenvalue weighted by atomic mass is 10.0. The smallest absolute Gasteiger partial charge is 0.167 e. The van der Waals surface area contributed by atoms with Gasteiger partial charge in [0.25, 0.3) is 0 Å². The maximum Gasteiger partial charge on any atom is 0.167 e. The van der Waals surface area contributed by atoms with Gasteiger partial charge in [-0.1, -0.05) is 106 Å². The van der Waals surface area contributed by atoms with Crippen LogP contribution in [-0.2, 0) is 12.8 Å². The zero-order valence-electron chi connectivity index (χ0n) is 18.1. The number of rotatable bonds is 12. The van der Waals surface area contributed by atoms with Crippen molar-refractivity contribution >= 4 is 0 Å². The van der Waals surface area contributed by atoms with Crippen LogP contribution in [-0.4, -0.2) is 5.16 Å². The van der Waals surface area contributed by atoms with Crippen molar-refractivity contribution < 1.29 is 4.52 Å². The van der Waals surface area contributed by atoms with E-state index in [1.165, 1.54) is 68.9 Å². The van der Waals surface area contributed by atoms with E-state index in [0.29, 0.717) is 0 Å². The minimum Gasteiger partial charge on any atom is -0.356 e. The maximum atomic E-state index is 5.63. The second-order valence-corrected chi connectivity index (χ2v) is 8.09. The zero-order chi connectivity index (χ0) is 20.3. The standard InChI is InChI=1S/C27H35NO/c1-3-5-7-8-10-12-23-13-17-24(18-14-23)26-21-27(29-28-26)25-19-15-22(16-20-25)11-9-6-4-2/h13-21H,3-12H2,1-2H3. The van der Waals surface area contributed by atoms with E-state index in [1.54, 1.807) is 0 Å².